The van der Waals surface area contributed by atoms with Gasteiger partial charge in [0, 0.05) is 58.9 Å². The van der Waals surface area contributed by atoms with Gasteiger partial charge in [-0.05, 0) is 23.3 Å². The summed E-state index contributed by atoms with van der Waals surface area (Å²) in [7, 11) is 0. The van der Waals surface area contributed by atoms with E-state index in [0.717, 1.165) is 70.2 Å². The predicted molar refractivity (Wildman–Crippen MR) is 128 cm³/mol. The fourth-order valence-electron chi connectivity index (χ4n) is 4.62. The molecule has 2 heterocycles. The molecule has 4 rings (SSSR count). The molecule has 2 aromatic carbocycles. The lowest BCUT2D eigenvalue weighted by Crippen LogP contribution is -2.52. The molecule has 190 valence electrons. The van der Waals surface area contributed by atoms with E-state index in [2.05, 4.69) is 20.0 Å². The smallest absolute Gasteiger partial charge is 0.379 e. The van der Waals surface area contributed by atoms with Gasteiger partial charge in [-0.25, -0.2) is 0 Å². The highest BCUT2D eigenvalue weighted by Crippen LogP contribution is 2.31. The third-order valence-corrected chi connectivity index (χ3v) is 6.72. The summed E-state index contributed by atoms with van der Waals surface area (Å²) >= 11 is 0. The van der Waals surface area contributed by atoms with Crippen LogP contribution in [0.1, 0.15) is 22.7 Å². The molecule has 2 aliphatic heterocycles. The molecule has 35 heavy (non-hydrogen) atoms. The van der Waals surface area contributed by atoms with E-state index >= 15 is 0 Å². The van der Waals surface area contributed by atoms with Crippen LogP contribution in [0.5, 0.6) is 0 Å². The van der Waals surface area contributed by atoms with Crippen LogP contribution in [0.3, 0.4) is 0 Å². The minimum absolute atomic E-state index is 0.199. The maximum atomic E-state index is 13.3. The van der Waals surface area contributed by atoms with E-state index in [-0.39, 0.29) is 5.91 Å². The van der Waals surface area contributed by atoms with Gasteiger partial charge in [0.1, 0.15) is 6.04 Å². The molecule has 1 unspecified atom stereocenters. The lowest BCUT2D eigenvalue weighted by atomic mass is 10.0. The Kier molecular flexibility index (Phi) is 8.78. The van der Waals surface area contributed by atoms with Crippen molar-refractivity contribution in [3.05, 3.63) is 71.3 Å². The van der Waals surface area contributed by atoms with Gasteiger partial charge in [-0.1, -0.05) is 42.5 Å². The molecular formula is C26H33F3N4O2. The van der Waals surface area contributed by atoms with Crippen LogP contribution < -0.4 is 5.32 Å². The van der Waals surface area contributed by atoms with Gasteiger partial charge in [-0.3, -0.25) is 19.5 Å². The average molecular weight is 491 g/mol. The van der Waals surface area contributed by atoms with Crippen molar-refractivity contribution in [1.29, 1.82) is 0 Å². The second-order valence-corrected chi connectivity index (χ2v) is 9.06. The van der Waals surface area contributed by atoms with Gasteiger partial charge in [0.25, 0.3) is 0 Å². The highest BCUT2D eigenvalue weighted by molar-refractivity contribution is 5.83. The number of benzene rings is 2. The molecule has 1 N–H and O–H groups in total. The summed E-state index contributed by atoms with van der Waals surface area (Å²) in [6.07, 6.45) is -4.41. The Hall–Kier alpha value is -2.46. The van der Waals surface area contributed by atoms with Crippen LogP contribution in [-0.4, -0.2) is 86.2 Å². The van der Waals surface area contributed by atoms with E-state index in [4.69, 9.17) is 4.74 Å². The topological polar surface area (TPSA) is 48.1 Å². The fraction of sp³-hybridized carbons (Fsp3) is 0.500. The van der Waals surface area contributed by atoms with Gasteiger partial charge in [-0.2, -0.15) is 13.2 Å². The molecule has 2 fully saturated rings. The first-order chi connectivity index (χ1) is 16.9. The molecule has 0 aromatic heterocycles. The molecule has 2 aliphatic rings. The molecule has 1 atom stereocenters. The highest BCUT2D eigenvalue weighted by atomic mass is 19.4. The quantitative estimate of drug-likeness (QED) is 0.617. The minimum Gasteiger partial charge on any atom is -0.379 e. The third-order valence-electron chi connectivity index (χ3n) is 6.72. The van der Waals surface area contributed by atoms with Crippen LogP contribution in [-0.2, 0) is 22.3 Å². The molecule has 0 radical (unpaired) electrons. The summed E-state index contributed by atoms with van der Waals surface area (Å²) in [5.74, 6) is -0.199. The average Bonchev–Trinajstić information content (AvgIpc) is 2.88. The first-order valence-electron chi connectivity index (χ1n) is 12.2. The number of carbonyl (C=O) groups is 1. The molecule has 9 heteroatoms. The van der Waals surface area contributed by atoms with Crippen LogP contribution in [0.25, 0.3) is 0 Å². The van der Waals surface area contributed by atoms with Gasteiger partial charge >= 0.3 is 6.18 Å². The second-order valence-electron chi connectivity index (χ2n) is 9.06. The van der Waals surface area contributed by atoms with E-state index < -0.39 is 17.8 Å². The molecule has 6 nitrogen and oxygen atoms in total. The number of alkyl halides is 3. The lowest BCUT2D eigenvalue weighted by molar-refractivity contribution is -0.137. The van der Waals surface area contributed by atoms with Gasteiger partial charge in [0.05, 0.1) is 18.8 Å². The van der Waals surface area contributed by atoms with Crippen LogP contribution in [0.4, 0.5) is 13.2 Å². The van der Waals surface area contributed by atoms with E-state index in [1.165, 1.54) is 12.1 Å². The maximum Gasteiger partial charge on any atom is 0.416 e. The minimum atomic E-state index is -4.41. The number of morpholine rings is 1. The zero-order chi connectivity index (χ0) is 24.7. The number of hydrogen-bond donors (Lipinski definition) is 1. The van der Waals surface area contributed by atoms with Crippen molar-refractivity contribution in [1.82, 2.24) is 20.0 Å². The summed E-state index contributed by atoms with van der Waals surface area (Å²) in [5.41, 5.74) is 0.836. The predicted octanol–water partition coefficient (Wildman–Crippen LogP) is 3.01. The summed E-state index contributed by atoms with van der Waals surface area (Å²) in [5, 5.41) is 2.98. The van der Waals surface area contributed by atoms with E-state index in [0.29, 0.717) is 25.2 Å². The van der Waals surface area contributed by atoms with Crippen molar-refractivity contribution < 1.29 is 22.7 Å². The van der Waals surface area contributed by atoms with Gasteiger partial charge in [-0.15, -0.1) is 0 Å². The Morgan fingerprint density at radius 2 is 1.46 bits per heavy atom. The largest absolute Gasteiger partial charge is 0.416 e. The number of nitrogens with zero attached hydrogens (tertiary/aromatic N) is 3. The lowest BCUT2D eigenvalue weighted by Gasteiger charge is -2.39. The number of ether oxygens (including phenoxy) is 1. The van der Waals surface area contributed by atoms with Crippen molar-refractivity contribution in [2.75, 3.05) is 65.6 Å². The SMILES string of the molecule is O=C(NCc1ccccc1)C(c1ccc(C(F)(F)F)cc1)N1CCN(CCN2CCOCC2)CC1. The monoisotopic (exact) mass is 490 g/mol. The first kappa shape index (κ1) is 25.6. The third kappa shape index (κ3) is 7.27. The summed E-state index contributed by atoms with van der Waals surface area (Å²) < 4.78 is 44.7. The second kappa shape index (κ2) is 12.0. The Balaban J connectivity index is 1.40. The number of hydrogen-bond acceptors (Lipinski definition) is 5. The molecular weight excluding hydrogens is 457 g/mol. The zero-order valence-electron chi connectivity index (χ0n) is 19.8. The molecule has 0 bridgehead atoms. The van der Waals surface area contributed by atoms with Crippen LogP contribution in [0, 0.1) is 0 Å². The summed E-state index contributed by atoms with van der Waals surface area (Å²) in [6.45, 7) is 8.76. The first-order valence-corrected chi connectivity index (χ1v) is 12.2. The zero-order valence-corrected chi connectivity index (χ0v) is 19.8. The highest BCUT2D eigenvalue weighted by Gasteiger charge is 2.33. The summed E-state index contributed by atoms with van der Waals surface area (Å²) in [6, 6.07) is 13.9. The summed E-state index contributed by atoms with van der Waals surface area (Å²) in [4.78, 5) is 20.2. The number of nitrogens with one attached hydrogen (secondary N) is 1. The van der Waals surface area contributed by atoms with Gasteiger partial charge in [0.15, 0.2) is 0 Å². The fourth-order valence-corrected chi connectivity index (χ4v) is 4.62. The van der Waals surface area contributed by atoms with Crippen molar-refractivity contribution in [3.63, 3.8) is 0 Å². The van der Waals surface area contributed by atoms with E-state index in [9.17, 15) is 18.0 Å². The molecule has 2 saturated heterocycles. The van der Waals surface area contributed by atoms with Crippen molar-refractivity contribution in [3.8, 4) is 0 Å². The van der Waals surface area contributed by atoms with Gasteiger partial charge < -0.3 is 10.1 Å². The van der Waals surface area contributed by atoms with Gasteiger partial charge in [0.2, 0.25) is 5.91 Å². The number of carbonyl (C=O) groups excluding carboxylic acids is 1. The number of halogens is 3. The van der Waals surface area contributed by atoms with Crippen LogP contribution in [0.2, 0.25) is 0 Å². The molecule has 0 saturated carbocycles. The molecule has 0 spiro atoms. The number of piperazine rings is 1. The van der Waals surface area contributed by atoms with Crippen molar-refractivity contribution in [2.45, 2.75) is 18.8 Å². The molecule has 1 amide bonds. The number of amides is 1. The molecule has 0 aliphatic carbocycles. The van der Waals surface area contributed by atoms with E-state index in [1.54, 1.807) is 0 Å². The Morgan fingerprint density at radius 3 is 2.06 bits per heavy atom. The Bertz CT molecular complexity index is 926. The normalized spacial score (nSPS) is 19.4. The number of rotatable bonds is 8. The van der Waals surface area contributed by atoms with Crippen molar-refractivity contribution >= 4 is 5.91 Å². The maximum absolute atomic E-state index is 13.3. The molecule has 2 aromatic rings. The van der Waals surface area contributed by atoms with Crippen LogP contribution in [0.15, 0.2) is 54.6 Å². The Morgan fingerprint density at radius 1 is 0.857 bits per heavy atom. The van der Waals surface area contributed by atoms with Crippen LogP contribution >= 0.6 is 0 Å². The standard InChI is InChI=1S/C26H33F3N4O2/c27-26(28,29)23-8-6-22(7-9-23)24(25(34)30-20-21-4-2-1-3-5-21)33-14-12-31(13-15-33)10-11-32-16-18-35-19-17-32/h1-9,24H,10-20H2,(H,30,34). The Labute approximate surface area is 204 Å². The van der Waals surface area contributed by atoms with Crippen molar-refractivity contribution in [2.24, 2.45) is 0 Å². The van der Waals surface area contributed by atoms with E-state index in [1.807, 2.05) is 30.3 Å².